The highest BCUT2D eigenvalue weighted by molar-refractivity contribution is 9.10. The molecule has 0 bridgehead atoms. The number of amides is 1. The fourth-order valence-electron chi connectivity index (χ4n) is 3.61. The number of hydrogen-bond acceptors (Lipinski definition) is 3. The predicted molar refractivity (Wildman–Crippen MR) is 112 cm³/mol. The molecule has 2 heterocycles. The van der Waals surface area contributed by atoms with Crippen molar-refractivity contribution in [2.45, 2.75) is 25.1 Å². The minimum absolute atomic E-state index is 0.0531. The number of fused-ring (bicyclic) bond motifs is 1. The zero-order valence-corrected chi connectivity index (χ0v) is 18.1. The molecule has 1 aromatic heterocycles. The number of aliphatic hydroxyl groups is 1. The third-order valence-electron chi connectivity index (χ3n) is 5.15. The lowest BCUT2D eigenvalue weighted by molar-refractivity contribution is -0.0545. The van der Waals surface area contributed by atoms with Crippen LogP contribution in [0.2, 0.25) is 5.15 Å². The highest BCUT2D eigenvalue weighted by atomic mass is 79.9. The summed E-state index contributed by atoms with van der Waals surface area (Å²) < 4.78 is 28.0. The van der Waals surface area contributed by atoms with Crippen molar-refractivity contribution in [3.63, 3.8) is 0 Å². The molecule has 0 saturated carbocycles. The monoisotopic (exact) mass is 492 g/mol. The zero-order chi connectivity index (χ0) is 21.7. The van der Waals surface area contributed by atoms with E-state index in [1.54, 1.807) is 30.3 Å². The van der Waals surface area contributed by atoms with Gasteiger partial charge in [0, 0.05) is 39.8 Å². The van der Waals surface area contributed by atoms with Gasteiger partial charge in [-0.15, -0.1) is 0 Å². The first-order valence-corrected chi connectivity index (χ1v) is 10.2. The van der Waals surface area contributed by atoms with Crippen LogP contribution in [0.1, 0.15) is 39.5 Å². The maximum absolute atomic E-state index is 13.7. The van der Waals surface area contributed by atoms with E-state index in [1.807, 2.05) is 0 Å². The molecule has 1 atom stereocenters. The Labute approximate surface area is 185 Å². The molecule has 4 rings (SSSR count). The summed E-state index contributed by atoms with van der Waals surface area (Å²) in [4.78, 5) is 18.5. The Morgan fingerprint density at radius 1 is 1.17 bits per heavy atom. The van der Waals surface area contributed by atoms with Crippen LogP contribution in [0.5, 0.6) is 0 Å². The lowest BCUT2D eigenvalue weighted by atomic mass is 9.92. The number of hydrogen-bond donors (Lipinski definition) is 1. The highest BCUT2D eigenvalue weighted by Gasteiger charge is 2.50. The number of pyridine rings is 1. The lowest BCUT2D eigenvalue weighted by Crippen LogP contribution is -2.44. The van der Waals surface area contributed by atoms with Crippen molar-refractivity contribution in [1.82, 2.24) is 9.88 Å². The van der Waals surface area contributed by atoms with Crippen LogP contribution in [0.25, 0.3) is 0 Å². The second-order valence-electron chi connectivity index (χ2n) is 7.21. The fraction of sp³-hybridized carbons (Fsp3) is 0.182. The minimum Gasteiger partial charge on any atom is -0.363 e. The molecule has 154 valence electrons. The number of benzene rings is 2. The second kappa shape index (κ2) is 7.41. The Balaban J connectivity index is 1.83. The van der Waals surface area contributed by atoms with Crippen LogP contribution in [-0.2, 0) is 18.2 Å². The summed E-state index contributed by atoms with van der Waals surface area (Å²) in [7, 11) is 0. The van der Waals surface area contributed by atoms with E-state index in [1.165, 1.54) is 35.4 Å². The van der Waals surface area contributed by atoms with Gasteiger partial charge in [-0.3, -0.25) is 9.69 Å². The van der Waals surface area contributed by atoms with Crippen LogP contribution in [0.4, 0.5) is 8.78 Å². The standard InChI is InChI=1S/C22H16BrClF2N2O2/c1-21(25,26)14-3-5-15(6-4-14)22(30)18-8-7-16(23)10-17(18)20(29)28(22)12-13-2-9-19(24)27-11-13/h2-11,30H,12H2,1H3. The van der Waals surface area contributed by atoms with Gasteiger partial charge in [-0.2, -0.15) is 0 Å². The molecule has 0 aliphatic carbocycles. The minimum atomic E-state index is -3.01. The van der Waals surface area contributed by atoms with Gasteiger partial charge in [-0.05, 0) is 23.8 Å². The molecule has 1 aliphatic rings. The normalized spacial score (nSPS) is 18.6. The van der Waals surface area contributed by atoms with Crippen molar-refractivity contribution in [3.05, 3.63) is 98.2 Å². The van der Waals surface area contributed by atoms with Crippen LogP contribution < -0.4 is 0 Å². The van der Waals surface area contributed by atoms with Crippen LogP contribution >= 0.6 is 27.5 Å². The van der Waals surface area contributed by atoms with Gasteiger partial charge in [-0.25, -0.2) is 13.8 Å². The van der Waals surface area contributed by atoms with E-state index in [0.29, 0.717) is 31.9 Å². The summed E-state index contributed by atoms with van der Waals surface area (Å²) >= 11 is 9.20. The Bertz CT molecular complexity index is 1120. The van der Waals surface area contributed by atoms with Crippen molar-refractivity contribution < 1.29 is 18.7 Å². The van der Waals surface area contributed by atoms with Crippen LogP contribution in [-0.4, -0.2) is 20.9 Å². The molecular weight excluding hydrogens is 478 g/mol. The second-order valence-corrected chi connectivity index (χ2v) is 8.51. The number of alkyl halides is 2. The van der Waals surface area contributed by atoms with Gasteiger partial charge in [0.1, 0.15) is 5.15 Å². The van der Waals surface area contributed by atoms with Crippen molar-refractivity contribution in [1.29, 1.82) is 0 Å². The summed E-state index contributed by atoms with van der Waals surface area (Å²) in [6, 6.07) is 13.7. The average Bonchev–Trinajstić information content (AvgIpc) is 2.91. The van der Waals surface area contributed by atoms with E-state index in [-0.39, 0.29) is 18.0 Å². The molecule has 8 heteroatoms. The predicted octanol–water partition coefficient (Wildman–Crippen LogP) is 5.46. The number of carbonyl (C=O) groups excluding carboxylic acids is 1. The zero-order valence-electron chi connectivity index (χ0n) is 15.7. The van der Waals surface area contributed by atoms with Crippen LogP contribution in [0, 0.1) is 0 Å². The molecule has 0 saturated heterocycles. The van der Waals surface area contributed by atoms with Crippen molar-refractivity contribution in [3.8, 4) is 0 Å². The Kier molecular flexibility index (Phi) is 5.16. The maximum atomic E-state index is 13.7. The third kappa shape index (κ3) is 3.51. The molecule has 0 spiro atoms. The van der Waals surface area contributed by atoms with Gasteiger partial charge < -0.3 is 5.11 Å². The first kappa shape index (κ1) is 20.9. The third-order valence-corrected chi connectivity index (χ3v) is 5.86. The number of halogens is 4. The van der Waals surface area contributed by atoms with E-state index < -0.39 is 11.6 Å². The molecule has 4 nitrogen and oxygen atoms in total. The summed E-state index contributed by atoms with van der Waals surface area (Å²) in [6.07, 6.45) is 1.52. The molecule has 3 aromatic rings. The summed E-state index contributed by atoms with van der Waals surface area (Å²) in [5, 5.41) is 12.1. The largest absolute Gasteiger partial charge is 0.363 e. The van der Waals surface area contributed by atoms with Gasteiger partial charge in [0.15, 0.2) is 5.72 Å². The molecule has 2 aromatic carbocycles. The van der Waals surface area contributed by atoms with Crippen molar-refractivity contribution in [2.75, 3.05) is 0 Å². The number of carbonyl (C=O) groups is 1. The summed E-state index contributed by atoms with van der Waals surface area (Å²) in [5.74, 6) is -3.39. The molecule has 1 aliphatic heterocycles. The Hall–Kier alpha value is -2.35. The van der Waals surface area contributed by atoms with E-state index in [0.717, 1.165) is 6.92 Å². The van der Waals surface area contributed by atoms with Gasteiger partial charge in [0.25, 0.3) is 11.8 Å². The van der Waals surface area contributed by atoms with E-state index >= 15 is 0 Å². The van der Waals surface area contributed by atoms with E-state index in [4.69, 9.17) is 11.6 Å². The first-order chi connectivity index (χ1) is 14.1. The number of aromatic nitrogens is 1. The molecule has 30 heavy (non-hydrogen) atoms. The number of rotatable bonds is 4. The fourth-order valence-corrected chi connectivity index (χ4v) is 4.08. The summed E-state index contributed by atoms with van der Waals surface area (Å²) in [5.41, 5.74) is -0.313. The van der Waals surface area contributed by atoms with Gasteiger partial charge in [0.2, 0.25) is 0 Å². The van der Waals surface area contributed by atoms with Crippen molar-refractivity contribution >= 4 is 33.4 Å². The molecule has 0 fully saturated rings. The van der Waals surface area contributed by atoms with Crippen LogP contribution in [0.3, 0.4) is 0 Å². The maximum Gasteiger partial charge on any atom is 0.270 e. The number of nitrogens with zero attached hydrogens (tertiary/aromatic N) is 2. The Morgan fingerprint density at radius 3 is 2.47 bits per heavy atom. The average molecular weight is 494 g/mol. The van der Waals surface area contributed by atoms with Gasteiger partial charge in [-0.1, -0.05) is 63.9 Å². The quantitative estimate of drug-likeness (QED) is 0.491. The molecule has 1 unspecified atom stereocenters. The molecule has 0 radical (unpaired) electrons. The molecule has 1 N–H and O–H groups in total. The molecular formula is C22H16BrClF2N2O2. The van der Waals surface area contributed by atoms with Crippen LogP contribution in [0.15, 0.2) is 65.3 Å². The van der Waals surface area contributed by atoms with E-state index in [2.05, 4.69) is 20.9 Å². The van der Waals surface area contributed by atoms with Gasteiger partial charge >= 0.3 is 0 Å². The smallest absolute Gasteiger partial charge is 0.270 e. The summed E-state index contributed by atoms with van der Waals surface area (Å²) in [6.45, 7) is 0.861. The van der Waals surface area contributed by atoms with Crippen molar-refractivity contribution in [2.24, 2.45) is 0 Å². The Morgan fingerprint density at radius 2 is 1.87 bits per heavy atom. The highest BCUT2D eigenvalue weighted by Crippen LogP contribution is 2.44. The topological polar surface area (TPSA) is 53.4 Å². The first-order valence-electron chi connectivity index (χ1n) is 9.04. The van der Waals surface area contributed by atoms with Gasteiger partial charge in [0.05, 0.1) is 6.54 Å². The SMILES string of the molecule is CC(F)(F)c1ccc(C2(O)c3ccc(Br)cc3C(=O)N2Cc2ccc(Cl)nc2)cc1. The lowest BCUT2D eigenvalue weighted by Gasteiger charge is -2.35. The van der Waals surface area contributed by atoms with E-state index in [9.17, 15) is 18.7 Å². The molecule has 1 amide bonds.